The molecule has 2 aromatic heterocycles. The molecule has 12 rings (SSSR count). The third kappa shape index (κ3) is 16.0. The van der Waals surface area contributed by atoms with Gasteiger partial charge in [0.1, 0.15) is 0 Å². The third-order valence-electron chi connectivity index (χ3n) is 19.3. The molecule has 6 heterocycles. The Kier molecular flexibility index (Phi) is 23.5. The smallest absolute Gasteiger partial charge is 0.251 e. The molecule has 0 bridgehead atoms. The first-order valence-electron chi connectivity index (χ1n) is 32.5. The van der Waals surface area contributed by atoms with Gasteiger partial charge < -0.3 is 37.0 Å². The van der Waals surface area contributed by atoms with Crippen molar-refractivity contribution in [3.05, 3.63) is 180 Å². The van der Waals surface area contributed by atoms with Crippen LogP contribution in [-0.2, 0) is 53.0 Å². The Morgan fingerprint density at radius 3 is 1.42 bits per heavy atom. The summed E-state index contributed by atoms with van der Waals surface area (Å²) in [5.41, 5.74) is 13.7. The number of aromatic nitrogens is 2. The van der Waals surface area contributed by atoms with E-state index in [-0.39, 0.29) is 39.7 Å². The maximum Gasteiger partial charge on any atom is 0.251 e. The van der Waals surface area contributed by atoms with Crippen molar-refractivity contribution in [2.45, 2.75) is 149 Å². The fourth-order valence-electron chi connectivity index (χ4n) is 14.3. The number of carbonyl (C=O) groups is 2. The van der Waals surface area contributed by atoms with Gasteiger partial charge in [0.2, 0.25) is 0 Å². The van der Waals surface area contributed by atoms with Gasteiger partial charge in [-0.3, -0.25) is 19.4 Å². The van der Waals surface area contributed by atoms with Gasteiger partial charge in [0.25, 0.3) is 11.8 Å². The first-order valence-corrected chi connectivity index (χ1v) is 32.5. The minimum atomic E-state index is 0. The van der Waals surface area contributed by atoms with Gasteiger partial charge in [-0.2, -0.15) is 0 Å². The summed E-state index contributed by atoms with van der Waals surface area (Å²) in [7, 11) is 0. The van der Waals surface area contributed by atoms with E-state index in [1.165, 1.54) is 136 Å². The van der Waals surface area contributed by atoms with E-state index in [1.807, 2.05) is 24.3 Å². The molecule has 2 atom stereocenters. The van der Waals surface area contributed by atoms with Crippen molar-refractivity contribution in [1.82, 2.24) is 39.4 Å². The van der Waals surface area contributed by atoms with Crippen LogP contribution < -0.4 is 10.6 Å². The fourth-order valence-corrected chi connectivity index (χ4v) is 14.3. The van der Waals surface area contributed by atoms with Crippen LogP contribution in [0.1, 0.15) is 148 Å². The number of hydrogen-bond acceptors (Lipinski definition) is 6. The molecule has 460 valence electrons. The van der Waals surface area contributed by atoms with Gasteiger partial charge in [0, 0.05) is 153 Å². The van der Waals surface area contributed by atoms with Crippen LogP contribution >= 0.6 is 0 Å². The molecular weight excluding hydrogens is 1150 g/mol. The van der Waals surface area contributed by atoms with Crippen LogP contribution in [0.4, 0.5) is 0 Å². The van der Waals surface area contributed by atoms with E-state index in [0.29, 0.717) is 18.0 Å². The molecule has 4 aliphatic rings. The van der Waals surface area contributed by atoms with Crippen LogP contribution in [0, 0.1) is 13.3 Å². The Bertz CT molecular complexity index is 3490. The molecule has 2 amide bonds. The average molecular weight is 1250 g/mol. The van der Waals surface area contributed by atoms with Gasteiger partial charge >= 0.3 is 0 Å². The molecule has 2 N–H and O–H groups in total. The SMILES string of the molecule is CCn1c2ccccc2c2cc(CN3CCC(=Cc4ccc(C(=O)NCCCN5CCCCC5C)cc4)CC3)ccc21.CCn1c2ccccc2c2cc(CN3CCC(Cc4ccc(C(=O)NCCCN5CCCCC5C)cc4)CC3)ccc21.[CH3-].[Pd]. The minimum Gasteiger partial charge on any atom is -0.358 e. The zero-order valence-electron chi connectivity index (χ0n) is 52.4. The Hall–Kier alpha value is -5.90. The summed E-state index contributed by atoms with van der Waals surface area (Å²) in [5.74, 6) is 0.800. The van der Waals surface area contributed by atoms with Crippen molar-refractivity contribution >= 4 is 61.5 Å². The summed E-state index contributed by atoms with van der Waals surface area (Å²) in [6.07, 6.45) is 18.0. The molecule has 0 spiro atoms. The summed E-state index contributed by atoms with van der Waals surface area (Å²) in [6.45, 7) is 23.6. The van der Waals surface area contributed by atoms with Gasteiger partial charge in [0.05, 0.1) is 0 Å². The summed E-state index contributed by atoms with van der Waals surface area (Å²) in [4.78, 5) is 35.7. The monoisotopic (exact) mass is 1250 g/mol. The van der Waals surface area contributed by atoms with Crippen LogP contribution in [-0.4, -0.2) is 118 Å². The van der Waals surface area contributed by atoms with Gasteiger partial charge in [-0.1, -0.05) is 97.3 Å². The molecular formula is C75H97N8O2Pd-. The van der Waals surface area contributed by atoms with Crippen LogP contribution in [0.15, 0.2) is 139 Å². The predicted molar refractivity (Wildman–Crippen MR) is 357 cm³/mol. The number of fused-ring (bicyclic) bond motifs is 6. The minimum absolute atomic E-state index is 0. The van der Waals surface area contributed by atoms with Crippen molar-refractivity contribution in [2.24, 2.45) is 5.92 Å². The van der Waals surface area contributed by atoms with Crippen molar-refractivity contribution < 1.29 is 30.0 Å². The second-order valence-electron chi connectivity index (χ2n) is 25.0. The van der Waals surface area contributed by atoms with Crippen molar-refractivity contribution in [3.8, 4) is 0 Å². The van der Waals surface area contributed by atoms with Crippen molar-refractivity contribution in [3.63, 3.8) is 0 Å². The molecule has 2 unspecified atom stereocenters. The molecule has 4 aliphatic heterocycles. The van der Waals surface area contributed by atoms with E-state index in [9.17, 15) is 9.59 Å². The largest absolute Gasteiger partial charge is 0.358 e. The van der Waals surface area contributed by atoms with Gasteiger partial charge in [-0.05, 0) is 213 Å². The van der Waals surface area contributed by atoms with Crippen LogP contribution in [0.2, 0.25) is 0 Å². The van der Waals surface area contributed by atoms with E-state index in [0.717, 1.165) is 122 Å². The average Bonchev–Trinajstić information content (AvgIpc) is 2.27. The first-order chi connectivity index (χ1) is 41.2. The number of amides is 2. The van der Waals surface area contributed by atoms with Crippen LogP contribution in [0.5, 0.6) is 0 Å². The predicted octanol–water partition coefficient (Wildman–Crippen LogP) is 15.2. The number of nitrogens with one attached hydrogen (secondary N) is 2. The first kappa shape index (κ1) is 64.6. The van der Waals surface area contributed by atoms with Crippen molar-refractivity contribution in [2.75, 3.05) is 65.4 Å². The van der Waals surface area contributed by atoms with Gasteiger partial charge in [-0.15, -0.1) is 0 Å². The van der Waals surface area contributed by atoms with Gasteiger partial charge in [0.15, 0.2) is 0 Å². The summed E-state index contributed by atoms with van der Waals surface area (Å²) >= 11 is 0. The number of rotatable bonds is 19. The molecule has 11 heteroatoms. The number of hydrogen-bond donors (Lipinski definition) is 2. The topological polar surface area (TPSA) is 81.0 Å². The Morgan fingerprint density at radius 1 is 0.500 bits per heavy atom. The summed E-state index contributed by atoms with van der Waals surface area (Å²) < 4.78 is 4.85. The molecule has 6 aromatic carbocycles. The fraction of sp³-hybridized carbons (Fsp3) is 0.453. The number of aryl methyl sites for hydroxylation is 2. The summed E-state index contributed by atoms with van der Waals surface area (Å²) in [6, 6.07) is 49.5. The van der Waals surface area contributed by atoms with Crippen LogP contribution in [0.25, 0.3) is 49.7 Å². The van der Waals surface area contributed by atoms with E-state index in [2.05, 4.69) is 182 Å². The Morgan fingerprint density at radius 2 is 0.942 bits per heavy atom. The molecule has 4 fully saturated rings. The molecule has 4 saturated heterocycles. The van der Waals surface area contributed by atoms with E-state index in [4.69, 9.17) is 0 Å². The quantitative estimate of drug-likeness (QED) is 0.0477. The molecule has 86 heavy (non-hydrogen) atoms. The zero-order chi connectivity index (χ0) is 57.8. The Balaban J connectivity index is 0.000000201. The van der Waals surface area contributed by atoms with Crippen LogP contribution in [0.3, 0.4) is 0 Å². The van der Waals surface area contributed by atoms with Gasteiger partial charge in [-0.25, -0.2) is 0 Å². The molecule has 0 radical (unpaired) electrons. The van der Waals surface area contributed by atoms with E-state index < -0.39 is 0 Å². The zero-order valence-corrected chi connectivity index (χ0v) is 54.0. The number of carbonyl (C=O) groups excluding carboxylic acids is 2. The maximum atomic E-state index is 12.7. The third-order valence-corrected chi connectivity index (χ3v) is 19.3. The number of piperidine rings is 4. The molecule has 0 aliphatic carbocycles. The van der Waals surface area contributed by atoms with Crippen molar-refractivity contribution in [1.29, 1.82) is 0 Å². The second kappa shape index (κ2) is 31.3. The number of para-hydroxylation sites is 2. The maximum absolute atomic E-state index is 12.7. The molecule has 10 nitrogen and oxygen atoms in total. The standard InChI is InChI=1S/C37H48N4O.C37H46N4O.CH3.Pd/c2*1-3-41-35-11-5-4-10-33(35)34-26-31(14-17-36(34)41)27-39-23-18-30(19-24-39)25-29-12-15-32(16-13-29)37(42)38-20-8-22-40-21-7-6-9-28(40)2;;/h4-5,10-17,26,28,30H,3,6-9,18-25,27H2,1-2H3,(H,38,42);4-5,10-17,25-26,28H,3,6-9,18-24,27H2,1-2H3,(H,38,42);1H3;/q;;-1;. The van der Waals surface area contributed by atoms with E-state index >= 15 is 0 Å². The number of nitrogens with zero attached hydrogens (tertiary/aromatic N) is 6. The summed E-state index contributed by atoms with van der Waals surface area (Å²) in [5, 5.41) is 11.7. The number of benzene rings is 6. The normalized spacial score (nSPS) is 18.3. The molecule has 0 saturated carbocycles. The second-order valence-corrected chi connectivity index (χ2v) is 25.0. The van der Waals surface area contributed by atoms with E-state index in [1.54, 1.807) is 0 Å². The Labute approximate surface area is 528 Å². The molecule has 8 aromatic rings. The number of likely N-dealkylation sites (tertiary alicyclic amines) is 4.